The molecule has 124 valence electrons. The van der Waals surface area contributed by atoms with E-state index in [1.54, 1.807) is 32.7 Å². The van der Waals surface area contributed by atoms with E-state index in [-0.39, 0.29) is 5.92 Å². The van der Waals surface area contributed by atoms with E-state index >= 15 is 0 Å². The summed E-state index contributed by atoms with van der Waals surface area (Å²) in [4.78, 5) is 12.7. The Morgan fingerprint density at radius 1 is 1.39 bits per heavy atom. The van der Waals surface area contributed by atoms with E-state index in [1.807, 2.05) is 0 Å². The monoisotopic (exact) mass is 337 g/mol. The summed E-state index contributed by atoms with van der Waals surface area (Å²) in [7, 11) is -0.241. The molecule has 1 aliphatic heterocycles. The second kappa shape index (κ2) is 6.34. The van der Waals surface area contributed by atoms with Gasteiger partial charge in [-0.1, -0.05) is 0 Å². The van der Waals surface area contributed by atoms with Crippen LogP contribution in [0.4, 0.5) is 0 Å². The number of aromatic nitrogens is 3. The van der Waals surface area contributed by atoms with Gasteiger partial charge in [0.2, 0.25) is 5.89 Å². The van der Waals surface area contributed by atoms with Crippen LogP contribution in [0.5, 0.6) is 0 Å². The van der Waals surface area contributed by atoms with Crippen molar-refractivity contribution in [1.29, 1.82) is 0 Å². The minimum atomic E-state index is -3.34. The second-order valence-electron chi connectivity index (χ2n) is 5.74. The average molecular weight is 337 g/mol. The molecule has 3 heterocycles. The maximum Gasteiger partial charge on any atom is 0.281 e. The molecule has 9 heteroatoms. The van der Waals surface area contributed by atoms with Crippen LogP contribution in [0.2, 0.25) is 0 Å². The lowest BCUT2D eigenvalue weighted by molar-refractivity contribution is 0.409. The highest BCUT2D eigenvalue weighted by Crippen LogP contribution is 2.24. The SMILES string of the molecule is CN(C)S(=O)(=O)N1CCC(Cc2cncc(-c3ncco3)n2)C1. The number of hydrogen-bond donors (Lipinski definition) is 0. The molecule has 2 aromatic rings. The molecule has 0 N–H and O–H groups in total. The summed E-state index contributed by atoms with van der Waals surface area (Å²) in [5.74, 6) is 0.668. The molecule has 0 spiro atoms. The maximum atomic E-state index is 12.1. The highest BCUT2D eigenvalue weighted by molar-refractivity contribution is 7.86. The Bertz CT molecular complexity index is 760. The number of rotatable bonds is 5. The van der Waals surface area contributed by atoms with E-state index in [0.717, 1.165) is 12.1 Å². The van der Waals surface area contributed by atoms with E-state index in [2.05, 4.69) is 15.0 Å². The summed E-state index contributed by atoms with van der Waals surface area (Å²) >= 11 is 0. The molecule has 1 atom stereocenters. The standard InChI is InChI=1S/C14H19N5O3S/c1-18(2)23(20,21)19-5-3-11(10-19)7-12-8-15-9-13(17-12)14-16-4-6-22-14/h4,6,8-9,11H,3,5,7,10H2,1-2H3. The summed E-state index contributed by atoms with van der Waals surface area (Å²) in [5.41, 5.74) is 1.40. The molecule has 0 aromatic carbocycles. The molecule has 1 fully saturated rings. The minimum absolute atomic E-state index is 0.235. The quantitative estimate of drug-likeness (QED) is 0.801. The number of nitrogens with zero attached hydrogens (tertiary/aromatic N) is 5. The minimum Gasteiger partial charge on any atom is -0.443 e. The van der Waals surface area contributed by atoms with E-state index in [0.29, 0.717) is 31.1 Å². The Hall–Kier alpha value is -1.84. The molecule has 0 aliphatic carbocycles. The van der Waals surface area contributed by atoms with Crippen molar-refractivity contribution in [3.63, 3.8) is 0 Å². The molecule has 3 rings (SSSR count). The van der Waals surface area contributed by atoms with E-state index < -0.39 is 10.2 Å². The van der Waals surface area contributed by atoms with Crippen LogP contribution in [0.1, 0.15) is 12.1 Å². The van der Waals surface area contributed by atoms with Crippen LogP contribution in [0.15, 0.2) is 29.3 Å². The first kappa shape index (κ1) is 16.0. The molecule has 0 saturated carbocycles. The highest BCUT2D eigenvalue weighted by atomic mass is 32.2. The third kappa shape index (κ3) is 3.41. The molecule has 8 nitrogen and oxygen atoms in total. The van der Waals surface area contributed by atoms with Gasteiger partial charge in [0, 0.05) is 33.4 Å². The predicted molar refractivity (Wildman–Crippen MR) is 83.5 cm³/mol. The molecular weight excluding hydrogens is 318 g/mol. The number of hydrogen-bond acceptors (Lipinski definition) is 6. The van der Waals surface area contributed by atoms with Gasteiger partial charge in [-0.2, -0.15) is 17.0 Å². The zero-order valence-corrected chi connectivity index (χ0v) is 13.9. The molecule has 0 radical (unpaired) electrons. The fourth-order valence-corrected chi connectivity index (χ4v) is 3.85. The van der Waals surface area contributed by atoms with Gasteiger partial charge in [0.15, 0.2) is 0 Å². The fourth-order valence-electron chi connectivity index (χ4n) is 2.66. The van der Waals surface area contributed by atoms with E-state index in [1.165, 1.54) is 14.9 Å². The lowest BCUT2D eigenvalue weighted by Gasteiger charge is -2.20. The van der Waals surface area contributed by atoms with Crippen molar-refractivity contribution >= 4 is 10.2 Å². The zero-order chi connectivity index (χ0) is 16.4. The predicted octanol–water partition coefficient (Wildman–Crippen LogP) is 0.802. The van der Waals surface area contributed by atoms with Gasteiger partial charge in [-0.3, -0.25) is 4.98 Å². The normalized spacial score (nSPS) is 19.5. The first-order chi connectivity index (χ1) is 11.0. The van der Waals surface area contributed by atoms with Crippen LogP contribution in [-0.2, 0) is 16.6 Å². The Kier molecular flexibility index (Phi) is 4.42. The van der Waals surface area contributed by atoms with Crippen molar-refractivity contribution in [2.75, 3.05) is 27.2 Å². The molecule has 1 aliphatic rings. The lowest BCUT2D eigenvalue weighted by atomic mass is 10.0. The molecule has 0 amide bonds. The maximum absolute atomic E-state index is 12.1. The highest BCUT2D eigenvalue weighted by Gasteiger charge is 2.32. The first-order valence-electron chi connectivity index (χ1n) is 7.35. The van der Waals surface area contributed by atoms with Gasteiger partial charge >= 0.3 is 0 Å². The van der Waals surface area contributed by atoms with Crippen LogP contribution < -0.4 is 0 Å². The summed E-state index contributed by atoms with van der Waals surface area (Å²) < 4.78 is 32.3. The Morgan fingerprint density at radius 2 is 2.22 bits per heavy atom. The fraction of sp³-hybridized carbons (Fsp3) is 0.500. The van der Waals surface area contributed by atoms with Crippen LogP contribution in [-0.4, -0.2) is 59.2 Å². The second-order valence-corrected chi connectivity index (χ2v) is 7.88. The number of oxazole rings is 1. The van der Waals surface area contributed by atoms with Gasteiger partial charge in [-0.05, 0) is 18.8 Å². The van der Waals surface area contributed by atoms with E-state index in [4.69, 9.17) is 4.42 Å². The summed E-state index contributed by atoms with van der Waals surface area (Å²) in [6.07, 6.45) is 7.86. The Balaban J connectivity index is 1.68. The van der Waals surface area contributed by atoms with Crippen molar-refractivity contribution in [1.82, 2.24) is 23.6 Å². The third-order valence-electron chi connectivity index (χ3n) is 3.87. The van der Waals surface area contributed by atoms with Crippen LogP contribution in [0.3, 0.4) is 0 Å². The molecule has 1 saturated heterocycles. The van der Waals surface area contributed by atoms with Crippen molar-refractivity contribution in [3.05, 3.63) is 30.5 Å². The average Bonchev–Trinajstić information content (AvgIpc) is 3.19. The summed E-state index contributed by atoms with van der Waals surface area (Å²) in [5, 5.41) is 0. The van der Waals surface area contributed by atoms with Crippen LogP contribution >= 0.6 is 0 Å². The van der Waals surface area contributed by atoms with Crippen molar-refractivity contribution < 1.29 is 12.8 Å². The van der Waals surface area contributed by atoms with Gasteiger partial charge < -0.3 is 4.42 Å². The van der Waals surface area contributed by atoms with Crippen molar-refractivity contribution in [2.24, 2.45) is 5.92 Å². The van der Waals surface area contributed by atoms with E-state index in [9.17, 15) is 8.42 Å². The topological polar surface area (TPSA) is 92.4 Å². The van der Waals surface area contributed by atoms with Crippen LogP contribution in [0.25, 0.3) is 11.6 Å². The lowest BCUT2D eigenvalue weighted by Crippen LogP contribution is -2.38. The Morgan fingerprint density at radius 3 is 2.91 bits per heavy atom. The first-order valence-corrected chi connectivity index (χ1v) is 8.75. The molecule has 0 bridgehead atoms. The van der Waals surface area contributed by atoms with Gasteiger partial charge in [-0.25, -0.2) is 9.97 Å². The van der Waals surface area contributed by atoms with Gasteiger partial charge in [0.05, 0.1) is 18.1 Å². The molecule has 2 aromatic heterocycles. The summed E-state index contributed by atoms with van der Waals surface area (Å²) in [6.45, 7) is 1.05. The van der Waals surface area contributed by atoms with Gasteiger partial charge in [0.1, 0.15) is 12.0 Å². The third-order valence-corrected chi connectivity index (χ3v) is 5.78. The smallest absolute Gasteiger partial charge is 0.281 e. The van der Waals surface area contributed by atoms with Crippen molar-refractivity contribution in [3.8, 4) is 11.6 Å². The Labute approximate surface area is 135 Å². The summed E-state index contributed by atoms with van der Waals surface area (Å²) in [6, 6.07) is 0. The zero-order valence-electron chi connectivity index (χ0n) is 13.1. The van der Waals surface area contributed by atoms with Gasteiger partial charge in [-0.15, -0.1) is 0 Å². The van der Waals surface area contributed by atoms with Crippen LogP contribution in [0, 0.1) is 5.92 Å². The largest absolute Gasteiger partial charge is 0.443 e. The molecule has 23 heavy (non-hydrogen) atoms. The molecule has 1 unspecified atom stereocenters. The van der Waals surface area contributed by atoms with Crippen molar-refractivity contribution in [2.45, 2.75) is 12.8 Å². The van der Waals surface area contributed by atoms with Gasteiger partial charge in [0.25, 0.3) is 10.2 Å². The molecular formula is C14H19N5O3S.